The monoisotopic (exact) mass is 550 g/mol. The zero-order valence-electron chi connectivity index (χ0n) is 23.1. The highest BCUT2D eigenvalue weighted by molar-refractivity contribution is 6.04. The molecule has 2 aromatic carbocycles. The molecule has 5 rings (SSSR count). The average molecular weight is 551 g/mol. The lowest BCUT2D eigenvalue weighted by Crippen LogP contribution is -2.42. The van der Waals surface area contributed by atoms with E-state index in [1.165, 1.54) is 6.92 Å². The van der Waals surface area contributed by atoms with Gasteiger partial charge in [-0.1, -0.05) is 30.3 Å². The standard InChI is InChI=1S/C30H34N2O8/c1-18(34)39-27-22(31-29(35)40-30(2,3)4)15-32-23-13-20(28-36-11-8-12-37-28)14-24(25(23)21(16-33)26(27)32)38-17-19-9-6-5-7-10-19/h5-7,9-10,13-14,16,22,27-28H,8,11-12,15,17H2,1-4H3,(H,31,35)/t22-,27-/m0/s1. The fraction of sp³-hybridized carbons (Fsp3) is 0.433. The van der Waals surface area contributed by atoms with Crippen LogP contribution >= 0.6 is 0 Å². The van der Waals surface area contributed by atoms with E-state index < -0.39 is 36.1 Å². The van der Waals surface area contributed by atoms with Gasteiger partial charge in [-0.05, 0) is 44.9 Å². The van der Waals surface area contributed by atoms with Crippen LogP contribution in [0, 0.1) is 0 Å². The molecule has 40 heavy (non-hydrogen) atoms. The molecule has 2 aliphatic rings. The number of fused-ring (bicyclic) bond motifs is 3. The number of rotatable bonds is 7. The van der Waals surface area contributed by atoms with E-state index in [2.05, 4.69) is 5.32 Å². The first-order valence-electron chi connectivity index (χ1n) is 13.4. The third-order valence-electron chi connectivity index (χ3n) is 6.69. The van der Waals surface area contributed by atoms with E-state index >= 15 is 0 Å². The number of hydrogen-bond acceptors (Lipinski definition) is 8. The summed E-state index contributed by atoms with van der Waals surface area (Å²) in [6.07, 6.45) is -0.611. The second kappa shape index (κ2) is 11.3. The molecule has 3 aromatic rings. The molecular weight excluding hydrogens is 516 g/mol. The molecule has 10 nitrogen and oxygen atoms in total. The van der Waals surface area contributed by atoms with E-state index in [0.29, 0.717) is 41.1 Å². The Hall–Kier alpha value is -3.89. The number of aromatic nitrogens is 1. The van der Waals surface area contributed by atoms with Gasteiger partial charge in [0.05, 0.1) is 41.4 Å². The van der Waals surface area contributed by atoms with Crippen LogP contribution in [0.15, 0.2) is 42.5 Å². The zero-order valence-corrected chi connectivity index (χ0v) is 23.1. The highest BCUT2D eigenvalue weighted by Crippen LogP contribution is 2.44. The summed E-state index contributed by atoms with van der Waals surface area (Å²) in [7, 11) is 0. The number of benzene rings is 2. The third kappa shape index (κ3) is 5.83. The van der Waals surface area contributed by atoms with Gasteiger partial charge in [-0.3, -0.25) is 9.59 Å². The Morgan fingerprint density at radius 2 is 1.85 bits per heavy atom. The molecular formula is C30H34N2O8. The molecule has 2 atom stereocenters. The Bertz CT molecular complexity index is 1400. The summed E-state index contributed by atoms with van der Waals surface area (Å²) in [5.41, 5.74) is 2.48. The molecule has 0 spiro atoms. The fourth-order valence-corrected chi connectivity index (χ4v) is 5.18. The number of aldehydes is 1. The van der Waals surface area contributed by atoms with Crippen molar-refractivity contribution in [2.24, 2.45) is 0 Å². The van der Waals surface area contributed by atoms with Gasteiger partial charge in [0.1, 0.15) is 18.0 Å². The fourth-order valence-electron chi connectivity index (χ4n) is 5.18. The van der Waals surface area contributed by atoms with Crippen molar-refractivity contribution in [3.8, 4) is 5.75 Å². The maximum absolute atomic E-state index is 12.7. The van der Waals surface area contributed by atoms with Crippen LogP contribution in [0.2, 0.25) is 0 Å². The maximum atomic E-state index is 12.7. The number of esters is 1. The first-order valence-corrected chi connectivity index (χ1v) is 13.4. The third-order valence-corrected chi connectivity index (χ3v) is 6.69. The van der Waals surface area contributed by atoms with Crippen molar-refractivity contribution in [2.75, 3.05) is 13.2 Å². The molecule has 10 heteroatoms. The van der Waals surface area contributed by atoms with Crippen LogP contribution in [0.3, 0.4) is 0 Å². The van der Waals surface area contributed by atoms with Crippen molar-refractivity contribution < 1.29 is 38.1 Å². The van der Waals surface area contributed by atoms with Gasteiger partial charge in [-0.2, -0.15) is 0 Å². The first-order chi connectivity index (χ1) is 19.1. The van der Waals surface area contributed by atoms with E-state index in [-0.39, 0.29) is 13.2 Å². The normalized spacial score (nSPS) is 19.2. The number of nitrogens with one attached hydrogen (secondary N) is 1. The van der Waals surface area contributed by atoms with Gasteiger partial charge in [-0.25, -0.2) is 4.79 Å². The van der Waals surface area contributed by atoms with Crippen LogP contribution in [-0.2, 0) is 36.9 Å². The lowest BCUT2D eigenvalue weighted by atomic mass is 10.0. The number of carbonyl (C=O) groups excluding carboxylic acids is 3. The molecule has 1 saturated heterocycles. The molecule has 2 aliphatic heterocycles. The van der Waals surface area contributed by atoms with E-state index in [1.54, 1.807) is 20.8 Å². The number of ether oxygens (including phenoxy) is 5. The minimum atomic E-state index is -0.912. The summed E-state index contributed by atoms with van der Waals surface area (Å²) in [6, 6.07) is 12.8. The van der Waals surface area contributed by atoms with E-state index in [4.69, 9.17) is 23.7 Å². The molecule has 0 bridgehead atoms. The predicted octanol–water partition coefficient (Wildman–Crippen LogP) is 4.98. The van der Waals surface area contributed by atoms with Gasteiger partial charge in [0.25, 0.3) is 0 Å². The first kappa shape index (κ1) is 27.7. The van der Waals surface area contributed by atoms with Crippen molar-refractivity contribution in [3.05, 3.63) is 64.8 Å². The minimum Gasteiger partial charge on any atom is -0.488 e. The van der Waals surface area contributed by atoms with Crippen LogP contribution in [-0.4, -0.2) is 47.8 Å². The highest BCUT2D eigenvalue weighted by Gasteiger charge is 2.42. The van der Waals surface area contributed by atoms with Crippen molar-refractivity contribution in [1.82, 2.24) is 9.88 Å². The zero-order chi connectivity index (χ0) is 28.4. The maximum Gasteiger partial charge on any atom is 0.408 e. The van der Waals surface area contributed by atoms with Crippen LogP contribution in [0.1, 0.15) is 73.7 Å². The SMILES string of the molecule is CC(=O)O[C@@H]1c2c(C=O)c3c(OCc4ccccc4)cc(C4OCCCO4)cc3n2C[C@@H]1NC(=O)OC(C)(C)C. The molecule has 1 N–H and O–H groups in total. The molecule has 3 heterocycles. The summed E-state index contributed by atoms with van der Waals surface area (Å²) in [6.45, 7) is 8.23. The molecule has 1 aromatic heterocycles. The highest BCUT2D eigenvalue weighted by atomic mass is 16.7. The number of amides is 1. The molecule has 0 unspecified atom stereocenters. The molecule has 212 valence electrons. The van der Waals surface area contributed by atoms with Gasteiger partial charge >= 0.3 is 12.1 Å². The topological polar surface area (TPSA) is 114 Å². The van der Waals surface area contributed by atoms with Gasteiger partial charge in [0.2, 0.25) is 0 Å². The molecule has 0 aliphatic carbocycles. The van der Waals surface area contributed by atoms with Gasteiger partial charge < -0.3 is 33.6 Å². The second-order valence-corrected chi connectivity index (χ2v) is 10.9. The molecule has 0 radical (unpaired) electrons. The number of nitrogens with zero attached hydrogens (tertiary/aromatic N) is 1. The summed E-state index contributed by atoms with van der Waals surface area (Å²) in [5.74, 6) is -0.0573. The molecule has 0 saturated carbocycles. The molecule has 1 fully saturated rings. The van der Waals surface area contributed by atoms with Crippen molar-refractivity contribution in [1.29, 1.82) is 0 Å². The Morgan fingerprint density at radius 3 is 2.50 bits per heavy atom. The van der Waals surface area contributed by atoms with Gasteiger partial charge in [0, 0.05) is 19.0 Å². The largest absolute Gasteiger partial charge is 0.488 e. The van der Waals surface area contributed by atoms with Crippen LogP contribution in [0.4, 0.5) is 4.79 Å². The van der Waals surface area contributed by atoms with Crippen LogP contribution in [0.5, 0.6) is 5.75 Å². The minimum absolute atomic E-state index is 0.241. The summed E-state index contributed by atoms with van der Waals surface area (Å²) >= 11 is 0. The lowest BCUT2D eigenvalue weighted by Gasteiger charge is -2.25. The summed E-state index contributed by atoms with van der Waals surface area (Å²) < 4.78 is 31.1. The van der Waals surface area contributed by atoms with Crippen molar-refractivity contribution in [3.63, 3.8) is 0 Å². The number of alkyl carbamates (subject to hydrolysis) is 1. The van der Waals surface area contributed by atoms with Crippen molar-refractivity contribution >= 4 is 29.3 Å². The van der Waals surface area contributed by atoms with Crippen molar-refractivity contribution in [2.45, 2.75) is 71.3 Å². The average Bonchev–Trinajstić information content (AvgIpc) is 3.41. The molecule has 1 amide bonds. The van der Waals surface area contributed by atoms with Crippen LogP contribution in [0.25, 0.3) is 10.9 Å². The smallest absolute Gasteiger partial charge is 0.408 e. The Kier molecular flexibility index (Phi) is 7.82. The summed E-state index contributed by atoms with van der Waals surface area (Å²) in [4.78, 5) is 37.4. The Balaban J connectivity index is 1.60. The lowest BCUT2D eigenvalue weighted by molar-refractivity contribution is -0.183. The second-order valence-electron chi connectivity index (χ2n) is 10.9. The predicted molar refractivity (Wildman–Crippen MR) is 145 cm³/mol. The quantitative estimate of drug-likeness (QED) is 0.324. The van der Waals surface area contributed by atoms with Gasteiger partial charge in [-0.15, -0.1) is 0 Å². The Morgan fingerprint density at radius 1 is 1.12 bits per heavy atom. The van der Waals surface area contributed by atoms with E-state index in [9.17, 15) is 14.4 Å². The number of carbonyl (C=O) groups is 3. The van der Waals surface area contributed by atoms with Gasteiger partial charge in [0.15, 0.2) is 18.7 Å². The van der Waals surface area contributed by atoms with Crippen LogP contribution < -0.4 is 10.1 Å². The van der Waals surface area contributed by atoms with E-state index in [1.807, 2.05) is 47.0 Å². The summed E-state index contributed by atoms with van der Waals surface area (Å²) in [5, 5.41) is 3.41. The van der Waals surface area contributed by atoms with E-state index in [0.717, 1.165) is 23.8 Å². The Labute approximate surface area is 232 Å². The number of hydrogen-bond donors (Lipinski definition) is 1.